The summed E-state index contributed by atoms with van der Waals surface area (Å²) in [5, 5.41) is 11.3. The van der Waals surface area contributed by atoms with Crippen LogP contribution in [0.25, 0.3) is 54.3 Å². The van der Waals surface area contributed by atoms with Crippen molar-refractivity contribution < 1.29 is 5.11 Å². The Morgan fingerprint density at radius 3 is 2.12 bits per heavy atom. The zero-order chi connectivity index (χ0) is 28.9. The van der Waals surface area contributed by atoms with Gasteiger partial charge in [-0.25, -0.2) is 4.98 Å². The lowest BCUT2D eigenvalue weighted by Crippen LogP contribution is -2.11. The zero-order valence-electron chi connectivity index (χ0n) is 24.4. The first kappa shape index (κ1) is 26.9. The number of nitrogens with zero attached hydrogens (tertiary/aromatic N) is 2. The molecule has 0 atom stereocenters. The maximum atomic E-state index is 10.5. The number of rotatable bonds is 4. The van der Waals surface area contributed by atoms with Crippen molar-refractivity contribution in [1.82, 2.24) is 9.97 Å². The fourth-order valence-electron chi connectivity index (χ4n) is 5.72. The highest BCUT2D eigenvalue weighted by Gasteiger charge is 2.18. The van der Waals surface area contributed by atoms with Crippen molar-refractivity contribution in [3.63, 3.8) is 0 Å². The highest BCUT2D eigenvalue weighted by molar-refractivity contribution is 7.21. The largest absolute Gasteiger partial charge is 0.507 e. The van der Waals surface area contributed by atoms with Crippen LogP contribution >= 0.6 is 11.3 Å². The van der Waals surface area contributed by atoms with Gasteiger partial charge in [0.1, 0.15) is 10.8 Å². The molecule has 204 valence electrons. The molecule has 41 heavy (non-hydrogen) atoms. The molecule has 1 N–H and O–H groups in total. The van der Waals surface area contributed by atoms with Crippen molar-refractivity contribution in [3.8, 4) is 49.8 Å². The summed E-state index contributed by atoms with van der Waals surface area (Å²) < 4.78 is 1.09. The number of phenolic OH excluding ortho intramolecular Hbond substituents is 1. The number of para-hydroxylation sites is 2. The number of fused-ring (bicyclic) bond motifs is 1. The summed E-state index contributed by atoms with van der Waals surface area (Å²) in [7, 11) is 0. The van der Waals surface area contributed by atoms with Gasteiger partial charge in [0.05, 0.1) is 21.5 Å². The van der Waals surface area contributed by atoms with Gasteiger partial charge in [-0.2, -0.15) is 0 Å². The molecule has 0 spiro atoms. The second-order valence-electron chi connectivity index (χ2n) is 11.9. The summed E-state index contributed by atoms with van der Waals surface area (Å²) >= 11 is 1.60. The molecule has 0 aliphatic rings. The Labute approximate surface area is 246 Å². The molecule has 2 aromatic heterocycles. The highest BCUT2D eigenvalue weighted by atomic mass is 32.1. The second-order valence-corrected chi connectivity index (χ2v) is 13.0. The van der Waals surface area contributed by atoms with E-state index in [9.17, 15) is 5.11 Å². The molecule has 0 aliphatic heterocycles. The summed E-state index contributed by atoms with van der Waals surface area (Å²) in [4.78, 5) is 9.89. The SMILES string of the molecule is Cc1cc(C)c(-c2cc(-c3cc(C(C)(C)C)ccn3)cc(-c3cccc4sc(-c5ccccc5O)nc34)c2)c(C)c1. The molecule has 0 saturated heterocycles. The topological polar surface area (TPSA) is 46.0 Å². The molecule has 6 rings (SSSR count). The Hall–Kier alpha value is -4.28. The number of phenols is 1. The normalized spacial score (nSPS) is 11.8. The Bertz CT molecular complexity index is 1900. The first-order chi connectivity index (χ1) is 19.6. The molecule has 3 nitrogen and oxygen atoms in total. The van der Waals surface area contributed by atoms with Crippen LogP contribution in [0.15, 0.2) is 91.1 Å². The fourth-order valence-corrected chi connectivity index (χ4v) is 6.74. The average Bonchev–Trinajstić information content (AvgIpc) is 3.36. The standard InChI is InChI=1S/C37H34N2OS/c1-22-16-23(2)34(24(3)17-22)27-19-25(18-26(20-27)31-21-28(14-15-38-31)37(4,5)6)29-11-9-13-33-35(29)39-36(41-33)30-10-7-8-12-32(30)40/h7-21,40H,1-6H3. The molecule has 0 radical (unpaired) electrons. The van der Waals surface area contributed by atoms with E-state index in [0.29, 0.717) is 0 Å². The molecule has 0 aliphatic carbocycles. The van der Waals surface area contributed by atoms with E-state index in [-0.39, 0.29) is 11.2 Å². The van der Waals surface area contributed by atoms with Gasteiger partial charge < -0.3 is 5.11 Å². The summed E-state index contributed by atoms with van der Waals surface area (Å²) in [6, 6.07) is 29.4. The van der Waals surface area contributed by atoms with Gasteiger partial charge in [0.2, 0.25) is 0 Å². The quantitative estimate of drug-likeness (QED) is 0.236. The summed E-state index contributed by atoms with van der Waals surface area (Å²) in [5.41, 5.74) is 13.4. The van der Waals surface area contributed by atoms with E-state index < -0.39 is 0 Å². The van der Waals surface area contributed by atoms with Gasteiger partial charge >= 0.3 is 0 Å². The van der Waals surface area contributed by atoms with Crippen LogP contribution in [0.1, 0.15) is 43.0 Å². The number of hydrogen-bond acceptors (Lipinski definition) is 4. The van der Waals surface area contributed by atoms with Gasteiger partial charge in [0.15, 0.2) is 0 Å². The molecular formula is C37H34N2OS. The molecule has 0 amide bonds. The lowest BCUT2D eigenvalue weighted by molar-refractivity contribution is 0.477. The third-order valence-corrected chi connectivity index (χ3v) is 8.74. The Morgan fingerprint density at radius 1 is 0.707 bits per heavy atom. The summed E-state index contributed by atoms with van der Waals surface area (Å²) in [6.07, 6.45) is 1.92. The third kappa shape index (κ3) is 5.16. The van der Waals surface area contributed by atoms with Crippen LogP contribution < -0.4 is 0 Å². The highest BCUT2D eigenvalue weighted by Crippen LogP contribution is 2.41. The van der Waals surface area contributed by atoms with Crippen LogP contribution in [0.2, 0.25) is 0 Å². The molecule has 4 heteroatoms. The molecule has 0 saturated carbocycles. The molecule has 0 bridgehead atoms. The molecule has 0 unspecified atom stereocenters. The molecule has 4 aromatic carbocycles. The third-order valence-electron chi connectivity index (χ3n) is 7.68. The predicted molar refractivity (Wildman–Crippen MR) is 174 cm³/mol. The number of aromatic nitrogens is 2. The van der Waals surface area contributed by atoms with Crippen LogP contribution in [-0.2, 0) is 5.41 Å². The number of thiazole rings is 1. The summed E-state index contributed by atoms with van der Waals surface area (Å²) in [5.74, 6) is 0.243. The van der Waals surface area contributed by atoms with E-state index in [0.717, 1.165) is 43.2 Å². The number of pyridine rings is 1. The van der Waals surface area contributed by atoms with Crippen LogP contribution in [-0.4, -0.2) is 15.1 Å². The van der Waals surface area contributed by atoms with Gasteiger partial charge in [-0.3, -0.25) is 4.98 Å². The van der Waals surface area contributed by atoms with Crippen molar-refractivity contribution >= 4 is 21.6 Å². The molecule has 6 aromatic rings. The average molecular weight is 555 g/mol. The Balaban J connectivity index is 1.60. The van der Waals surface area contributed by atoms with E-state index >= 15 is 0 Å². The van der Waals surface area contributed by atoms with Crippen molar-refractivity contribution in [2.45, 2.75) is 47.0 Å². The lowest BCUT2D eigenvalue weighted by Gasteiger charge is -2.20. The minimum Gasteiger partial charge on any atom is -0.507 e. The van der Waals surface area contributed by atoms with Gasteiger partial charge in [-0.15, -0.1) is 11.3 Å². The monoisotopic (exact) mass is 554 g/mol. The van der Waals surface area contributed by atoms with Gasteiger partial charge in [-0.05, 0) is 108 Å². The second kappa shape index (κ2) is 10.3. The number of aryl methyl sites for hydroxylation is 3. The van der Waals surface area contributed by atoms with Crippen LogP contribution in [0.3, 0.4) is 0 Å². The lowest BCUT2D eigenvalue weighted by atomic mass is 9.86. The number of aromatic hydroxyl groups is 1. The predicted octanol–water partition coefficient (Wildman–Crippen LogP) is 10.3. The van der Waals surface area contributed by atoms with E-state index in [1.165, 1.54) is 33.4 Å². The van der Waals surface area contributed by atoms with Gasteiger partial charge in [-0.1, -0.05) is 62.7 Å². The van der Waals surface area contributed by atoms with E-state index in [4.69, 9.17) is 9.97 Å². The molecule has 2 heterocycles. The Kier molecular flexibility index (Phi) is 6.75. The van der Waals surface area contributed by atoms with Crippen LogP contribution in [0, 0.1) is 20.8 Å². The Morgan fingerprint density at radius 2 is 1.39 bits per heavy atom. The van der Waals surface area contributed by atoms with Gasteiger partial charge in [0, 0.05) is 17.3 Å². The first-order valence-corrected chi connectivity index (χ1v) is 14.8. The summed E-state index contributed by atoms with van der Waals surface area (Å²) in [6.45, 7) is 13.2. The van der Waals surface area contributed by atoms with Crippen molar-refractivity contribution in [2.24, 2.45) is 0 Å². The maximum absolute atomic E-state index is 10.5. The molecular weight excluding hydrogens is 520 g/mol. The number of benzene rings is 4. The van der Waals surface area contributed by atoms with E-state index in [1.807, 2.05) is 24.4 Å². The van der Waals surface area contributed by atoms with Crippen molar-refractivity contribution in [2.75, 3.05) is 0 Å². The maximum Gasteiger partial charge on any atom is 0.128 e. The van der Waals surface area contributed by atoms with E-state index in [2.05, 4.69) is 102 Å². The van der Waals surface area contributed by atoms with E-state index in [1.54, 1.807) is 17.4 Å². The van der Waals surface area contributed by atoms with Crippen LogP contribution in [0.4, 0.5) is 0 Å². The smallest absolute Gasteiger partial charge is 0.128 e. The van der Waals surface area contributed by atoms with Gasteiger partial charge in [0.25, 0.3) is 0 Å². The van der Waals surface area contributed by atoms with Crippen LogP contribution in [0.5, 0.6) is 5.75 Å². The number of hydrogen-bond donors (Lipinski definition) is 1. The minimum absolute atomic E-state index is 0.0217. The van der Waals surface area contributed by atoms with Crippen molar-refractivity contribution in [1.29, 1.82) is 0 Å². The fraction of sp³-hybridized carbons (Fsp3) is 0.189. The molecule has 0 fully saturated rings. The van der Waals surface area contributed by atoms with Crippen molar-refractivity contribution in [3.05, 3.63) is 113 Å². The minimum atomic E-state index is 0.0217. The zero-order valence-corrected chi connectivity index (χ0v) is 25.2. The first-order valence-electron chi connectivity index (χ1n) is 14.0.